The van der Waals surface area contributed by atoms with E-state index in [2.05, 4.69) is 6.58 Å². The lowest BCUT2D eigenvalue weighted by atomic mass is 9.88. The minimum Gasteiger partial charge on any atom is -0.481 e. The van der Waals surface area contributed by atoms with Gasteiger partial charge >= 0.3 is 11.9 Å². The van der Waals surface area contributed by atoms with Gasteiger partial charge in [0.1, 0.15) is 24.4 Å². The highest BCUT2D eigenvalue weighted by Crippen LogP contribution is 2.31. The summed E-state index contributed by atoms with van der Waals surface area (Å²) in [4.78, 5) is 22.5. The van der Waals surface area contributed by atoms with Gasteiger partial charge in [0.2, 0.25) is 0 Å². The average molecular weight is 406 g/mol. The van der Waals surface area contributed by atoms with Crippen LogP contribution in [0.15, 0.2) is 23.8 Å². The van der Waals surface area contributed by atoms with Gasteiger partial charge in [-0.2, -0.15) is 0 Å². The minimum atomic E-state index is -1.71. The van der Waals surface area contributed by atoms with Crippen molar-refractivity contribution in [1.82, 2.24) is 0 Å². The Kier molecular flexibility index (Phi) is 9.17. The van der Waals surface area contributed by atoms with Crippen LogP contribution >= 0.6 is 0 Å². The van der Waals surface area contributed by atoms with Crippen molar-refractivity contribution in [1.29, 1.82) is 0 Å². The number of carbonyl (C=O) groups is 2. The average Bonchev–Trinajstić information content (AvgIpc) is 2.65. The number of ether oxygens (including phenoxy) is 3. The Morgan fingerprint density at radius 3 is 2.21 bits per heavy atom. The first kappa shape index (κ1) is 24.2. The second-order valence-electron chi connectivity index (χ2n) is 6.17. The number of rotatable bonds is 10. The quantitative estimate of drug-likeness (QED) is 0.140. The highest BCUT2D eigenvalue weighted by atomic mass is 16.8. The molecule has 1 unspecified atom stereocenters. The van der Waals surface area contributed by atoms with Gasteiger partial charge in [0.15, 0.2) is 12.6 Å². The van der Waals surface area contributed by atoms with Gasteiger partial charge in [-0.3, -0.25) is 4.79 Å². The van der Waals surface area contributed by atoms with Crippen LogP contribution in [0.1, 0.15) is 13.3 Å². The molecule has 0 aromatic carbocycles. The van der Waals surface area contributed by atoms with E-state index < -0.39 is 73.5 Å². The molecular weight excluding hydrogens is 380 g/mol. The summed E-state index contributed by atoms with van der Waals surface area (Å²) in [6.07, 6.45) is -8.36. The van der Waals surface area contributed by atoms with E-state index in [1.807, 2.05) is 0 Å². The molecule has 0 radical (unpaired) electrons. The van der Waals surface area contributed by atoms with E-state index in [0.717, 1.165) is 0 Å². The molecule has 0 aliphatic carbocycles. The third kappa shape index (κ3) is 5.58. The van der Waals surface area contributed by atoms with Gasteiger partial charge in [-0.15, -0.1) is 0 Å². The van der Waals surface area contributed by atoms with Crippen molar-refractivity contribution in [2.75, 3.05) is 13.7 Å². The zero-order chi connectivity index (χ0) is 21.6. The van der Waals surface area contributed by atoms with E-state index in [1.54, 1.807) is 0 Å². The predicted octanol–water partition coefficient (Wildman–Crippen LogP) is -1.55. The van der Waals surface area contributed by atoms with Crippen LogP contribution in [-0.2, 0) is 23.8 Å². The van der Waals surface area contributed by atoms with E-state index in [4.69, 9.17) is 19.3 Å². The number of aliphatic hydroxyl groups excluding tert-OH is 4. The van der Waals surface area contributed by atoms with Gasteiger partial charge in [-0.1, -0.05) is 12.7 Å². The molecule has 1 heterocycles. The molecule has 0 amide bonds. The van der Waals surface area contributed by atoms with Crippen molar-refractivity contribution in [2.24, 2.45) is 5.92 Å². The Morgan fingerprint density at radius 1 is 1.18 bits per heavy atom. The molecule has 0 bridgehead atoms. The van der Waals surface area contributed by atoms with Gasteiger partial charge < -0.3 is 44.8 Å². The molecule has 1 aliphatic rings. The molecule has 6 N–H and O–H groups in total. The number of hydrogen-bond acceptors (Lipinski definition) is 9. The summed E-state index contributed by atoms with van der Waals surface area (Å²) >= 11 is 0. The standard InChI is InChI=1S/C17H26O11/c1-4-8(9(5-11(19)20)7(2)15(24)25)16(26-3)28-17-14(23)13(22)12(21)10(6-18)27-17/h4,9-10,12-14,16-18,21-23H,2,5-6H2,1,3H3,(H,19,20)(H,24,25)/b8-4+/t9?,10-,12-,13+,14-,16-,17+/m0/s1. The number of methoxy groups -OCH3 is 1. The summed E-state index contributed by atoms with van der Waals surface area (Å²) in [6.45, 7) is 4.23. The van der Waals surface area contributed by atoms with Gasteiger partial charge in [0, 0.05) is 18.6 Å². The number of aliphatic hydroxyl groups is 4. The van der Waals surface area contributed by atoms with Crippen LogP contribution in [0.3, 0.4) is 0 Å². The van der Waals surface area contributed by atoms with Crippen molar-refractivity contribution in [3.8, 4) is 0 Å². The first-order valence-electron chi connectivity index (χ1n) is 8.37. The fraction of sp³-hybridized carbons (Fsp3) is 0.647. The molecule has 7 atom stereocenters. The van der Waals surface area contributed by atoms with Crippen molar-refractivity contribution in [3.63, 3.8) is 0 Å². The maximum absolute atomic E-state index is 11.3. The Bertz CT molecular complexity index is 600. The predicted molar refractivity (Wildman–Crippen MR) is 91.9 cm³/mol. The third-order valence-electron chi connectivity index (χ3n) is 4.40. The Morgan fingerprint density at radius 2 is 1.79 bits per heavy atom. The number of hydrogen-bond donors (Lipinski definition) is 6. The summed E-state index contributed by atoms with van der Waals surface area (Å²) in [5.74, 6) is -3.88. The molecular formula is C17H26O11. The van der Waals surface area contributed by atoms with E-state index in [-0.39, 0.29) is 5.57 Å². The van der Waals surface area contributed by atoms with E-state index >= 15 is 0 Å². The number of aliphatic carboxylic acids is 2. The van der Waals surface area contributed by atoms with Gasteiger partial charge in [-0.05, 0) is 12.5 Å². The Balaban J connectivity index is 3.12. The smallest absolute Gasteiger partial charge is 0.331 e. The Labute approximate surface area is 161 Å². The van der Waals surface area contributed by atoms with Crippen molar-refractivity contribution in [2.45, 2.75) is 50.3 Å². The second-order valence-corrected chi connectivity index (χ2v) is 6.17. The molecule has 1 aliphatic heterocycles. The number of allylic oxidation sites excluding steroid dienone is 1. The van der Waals surface area contributed by atoms with Gasteiger partial charge in [-0.25, -0.2) is 4.79 Å². The highest BCUT2D eigenvalue weighted by Gasteiger charge is 2.45. The van der Waals surface area contributed by atoms with Crippen LogP contribution in [0.5, 0.6) is 0 Å². The fourth-order valence-corrected chi connectivity index (χ4v) is 2.84. The van der Waals surface area contributed by atoms with E-state index in [1.165, 1.54) is 20.1 Å². The van der Waals surface area contributed by atoms with Gasteiger partial charge in [0.25, 0.3) is 0 Å². The molecule has 0 saturated carbocycles. The van der Waals surface area contributed by atoms with E-state index in [0.29, 0.717) is 0 Å². The normalized spacial score (nSPS) is 30.5. The van der Waals surface area contributed by atoms with Crippen LogP contribution in [0, 0.1) is 5.92 Å². The Hall–Kier alpha value is -1.86. The lowest BCUT2D eigenvalue weighted by Crippen LogP contribution is -2.59. The van der Waals surface area contributed by atoms with Crippen LogP contribution in [0.25, 0.3) is 0 Å². The molecule has 11 heteroatoms. The topological polar surface area (TPSA) is 183 Å². The summed E-state index contributed by atoms with van der Waals surface area (Å²) < 4.78 is 15.9. The third-order valence-corrected chi connectivity index (χ3v) is 4.40. The number of carboxylic acids is 2. The molecule has 11 nitrogen and oxygen atoms in total. The van der Waals surface area contributed by atoms with Crippen molar-refractivity contribution in [3.05, 3.63) is 23.8 Å². The maximum Gasteiger partial charge on any atom is 0.331 e. The van der Waals surface area contributed by atoms with Gasteiger partial charge in [0.05, 0.1) is 13.0 Å². The lowest BCUT2D eigenvalue weighted by Gasteiger charge is -2.41. The van der Waals surface area contributed by atoms with Crippen LogP contribution in [0.4, 0.5) is 0 Å². The van der Waals surface area contributed by atoms with Crippen LogP contribution < -0.4 is 0 Å². The summed E-state index contributed by atoms with van der Waals surface area (Å²) in [5, 5.41) is 57.3. The SMILES string of the molecule is C=C(C(=O)O)C(CC(=O)O)/C(=C\C)[C@@H](OC)O[C@H]1O[C@@H](CO)[C@H](O)[C@@H](O)[C@@H]1O. The molecule has 0 spiro atoms. The monoisotopic (exact) mass is 406 g/mol. The summed E-state index contributed by atoms with van der Waals surface area (Å²) in [6, 6.07) is 0. The second kappa shape index (κ2) is 10.6. The van der Waals surface area contributed by atoms with Crippen LogP contribution in [-0.4, -0.2) is 93.3 Å². The molecule has 1 saturated heterocycles. The molecule has 1 rings (SSSR count). The summed E-state index contributed by atoms with van der Waals surface area (Å²) in [5.41, 5.74) is -0.316. The first-order chi connectivity index (χ1) is 13.1. The fourth-order valence-electron chi connectivity index (χ4n) is 2.84. The number of carboxylic acid groups (broad SMARTS) is 2. The maximum atomic E-state index is 11.3. The molecule has 0 aromatic heterocycles. The summed E-state index contributed by atoms with van der Waals surface area (Å²) in [7, 11) is 1.19. The van der Waals surface area contributed by atoms with Crippen molar-refractivity contribution >= 4 is 11.9 Å². The van der Waals surface area contributed by atoms with E-state index in [9.17, 15) is 35.1 Å². The molecule has 28 heavy (non-hydrogen) atoms. The largest absolute Gasteiger partial charge is 0.481 e. The minimum absolute atomic E-state index is 0.0919. The van der Waals surface area contributed by atoms with Crippen molar-refractivity contribution < 1.29 is 54.4 Å². The molecule has 1 fully saturated rings. The zero-order valence-corrected chi connectivity index (χ0v) is 15.5. The zero-order valence-electron chi connectivity index (χ0n) is 15.5. The van der Waals surface area contributed by atoms with Crippen LogP contribution in [0.2, 0.25) is 0 Å². The molecule has 0 aromatic rings. The highest BCUT2D eigenvalue weighted by molar-refractivity contribution is 5.88. The molecule has 160 valence electrons. The lowest BCUT2D eigenvalue weighted by molar-refractivity contribution is -0.329. The first-order valence-corrected chi connectivity index (χ1v) is 8.37.